The topological polar surface area (TPSA) is 13.1 Å². The first-order valence-corrected chi connectivity index (χ1v) is 8.80. The van der Waals surface area contributed by atoms with E-state index in [4.69, 9.17) is 4.42 Å². The lowest BCUT2D eigenvalue weighted by Gasteiger charge is -2.20. The molecule has 122 valence electrons. The van der Waals surface area contributed by atoms with E-state index in [9.17, 15) is 0 Å². The van der Waals surface area contributed by atoms with Gasteiger partial charge in [0.15, 0.2) is 0 Å². The summed E-state index contributed by atoms with van der Waals surface area (Å²) in [5.74, 6) is 0. The third-order valence-electron chi connectivity index (χ3n) is 5.16. The molecule has 0 radical (unpaired) electrons. The lowest BCUT2D eigenvalue weighted by Crippen LogP contribution is -2.11. The van der Waals surface area contributed by atoms with Crippen LogP contribution in [-0.2, 0) is 5.41 Å². The van der Waals surface area contributed by atoms with Crippen LogP contribution in [0.2, 0.25) is 0 Å². The zero-order valence-electron chi connectivity index (χ0n) is 14.8. The van der Waals surface area contributed by atoms with Crippen molar-refractivity contribution >= 4 is 43.5 Å². The molecule has 0 spiro atoms. The quantitative estimate of drug-likeness (QED) is 0.294. The van der Waals surface area contributed by atoms with Gasteiger partial charge in [-0.05, 0) is 39.1 Å². The molecule has 1 heteroatoms. The summed E-state index contributed by atoms with van der Waals surface area (Å²) in [6.45, 7) is 6.76. The molecule has 0 aliphatic heterocycles. The maximum atomic E-state index is 6.43. The first kappa shape index (κ1) is 14.5. The molecular weight excluding hydrogens is 304 g/mol. The molecule has 0 aliphatic carbocycles. The van der Waals surface area contributed by atoms with Gasteiger partial charge in [-0.25, -0.2) is 0 Å². The lowest BCUT2D eigenvalue weighted by atomic mass is 9.84. The zero-order chi connectivity index (χ0) is 17.2. The van der Waals surface area contributed by atoms with Crippen LogP contribution in [0, 0.1) is 0 Å². The van der Waals surface area contributed by atoms with Gasteiger partial charge < -0.3 is 4.42 Å². The number of hydrogen-bond acceptors (Lipinski definition) is 1. The van der Waals surface area contributed by atoms with Crippen molar-refractivity contribution in [2.45, 2.75) is 26.2 Å². The molecule has 1 heterocycles. The van der Waals surface area contributed by atoms with Gasteiger partial charge in [0.05, 0.1) is 0 Å². The predicted octanol–water partition coefficient (Wildman–Crippen LogP) is 7.19. The number of rotatable bonds is 0. The van der Waals surface area contributed by atoms with Gasteiger partial charge >= 0.3 is 0 Å². The first-order valence-electron chi connectivity index (χ1n) is 8.80. The van der Waals surface area contributed by atoms with E-state index in [0.29, 0.717) is 0 Å². The molecule has 0 amide bonds. The van der Waals surface area contributed by atoms with Crippen LogP contribution in [-0.4, -0.2) is 0 Å². The van der Waals surface area contributed by atoms with E-state index in [-0.39, 0.29) is 5.41 Å². The Bertz CT molecular complexity index is 1270. The molecule has 0 aliphatic rings. The molecule has 5 aromatic rings. The summed E-state index contributed by atoms with van der Waals surface area (Å²) in [7, 11) is 0. The number of hydrogen-bond donors (Lipinski definition) is 0. The maximum absolute atomic E-state index is 6.43. The first-order chi connectivity index (χ1) is 12.0. The molecule has 0 saturated heterocycles. The van der Waals surface area contributed by atoms with Crippen molar-refractivity contribution < 1.29 is 4.42 Å². The Labute approximate surface area is 146 Å². The second-order valence-electron chi connectivity index (χ2n) is 7.86. The molecule has 0 N–H and O–H groups in total. The summed E-state index contributed by atoms with van der Waals surface area (Å²) in [4.78, 5) is 0. The number of fused-ring (bicyclic) bond motifs is 7. The summed E-state index contributed by atoms with van der Waals surface area (Å²) >= 11 is 0. The smallest absolute Gasteiger partial charge is 0.139 e. The van der Waals surface area contributed by atoms with Crippen LogP contribution in [0.15, 0.2) is 71.1 Å². The summed E-state index contributed by atoms with van der Waals surface area (Å²) in [6.07, 6.45) is 0. The van der Waals surface area contributed by atoms with E-state index < -0.39 is 0 Å². The molecule has 1 aromatic heterocycles. The van der Waals surface area contributed by atoms with Crippen molar-refractivity contribution in [3.8, 4) is 0 Å². The van der Waals surface area contributed by atoms with E-state index in [1.165, 1.54) is 37.9 Å². The third-order valence-corrected chi connectivity index (χ3v) is 5.16. The molecular formula is C24H20O. The minimum Gasteiger partial charge on any atom is -0.456 e. The minimum atomic E-state index is 0.0198. The summed E-state index contributed by atoms with van der Waals surface area (Å²) in [5.41, 5.74) is 3.28. The average molecular weight is 324 g/mol. The van der Waals surface area contributed by atoms with Crippen LogP contribution in [0.5, 0.6) is 0 Å². The fourth-order valence-corrected chi connectivity index (χ4v) is 3.94. The van der Waals surface area contributed by atoms with Gasteiger partial charge in [-0.15, -0.1) is 0 Å². The molecule has 0 atom stereocenters. The van der Waals surface area contributed by atoms with Gasteiger partial charge in [-0.1, -0.05) is 75.4 Å². The summed E-state index contributed by atoms with van der Waals surface area (Å²) in [6, 6.07) is 23.8. The largest absolute Gasteiger partial charge is 0.456 e. The van der Waals surface area contributed by atoms with Crippen molar-refractivity contribution in [3.05, 3.63) is 72.3 Å². The highest BCUT2D eigenvalue weighted by Gasteiger charge is 2.23. The van der Waals surface area contributed by atoms with Gasteiger partial charge in [0.1, 0.15) is 11.2 Å². The Balaban J connectivity index is 2.15. The highest BCUT2D eigenvalue weighted by atomic mass is 16.3. The number of benzene rings is 4. The Morgan fingerprint density at radius 1 is 0.680 bits per heavy atom. The second-order valence-corrected chi connectivity index (χ2v) is 7.86. The summed E-state index contributed by atoms with van der Waals surface area (Å²) in [5, 5.41) is 7.53. The highest BCUT2D eigenvalue weighted by Crippen LogP contribution is 2.43. The average Bonchev–Trinajstić information content (AvgIpc) is 3.00. The van der Waals surface area contributed by atoms with Crippen LogP contribution < -0.4 is 0 Å². The van der Waals surface area contributed by atoms with Crippen molar-refractivity contribution in [2.75, 3.05) is 0 Å². The highest BCUT2D eigenvalue weighted by molar-refractivity contribution is 6.27. The second kappa shape index (κ2) is 4.86. The third kappa shape index (κ3) is 2.02. The fraction of sp³-hybridized carbons (Fsp3) is 0.167. The van der Waals surface area contributed by atoms with E-state index >= 15 is 0 Å². The Kier molecular flexibility index (Phi) is 2.82. The monoisotopic (exact) mass is 324 g/mol. The lowest BCUT2D eigenvalue weighted by molar-refractivity contribution is 0.573. The van der Waals surface area contributed by atoms with Crippen LogP contribution in [0.4, 0.5) is 0 Å². The van der Waals surface area contributed by atoms with Crippen molar-refractivity contribution in [3.63, 3.8) is 0 Å². The zero-order valence-corrected chi connectivity index (χ0v) is 14.8. The van der Waals surface area contributed by atoms with Gasteiger partial charge in [0.25, 0.3) is 0 Å². The minimum absolute atomic E-state index is 0.0198. The molecule has 4 aromatic carbocycles. The SMILES string of the molecule is CC(C)(C)c1cc2ccccc2c2c1oc1ccc3ccccc3c12. The van der Waals surface area contributed by atoms with Crippen LogP contribution in [0.25, 0.3) is 43.5 Å². The molecule has 25 heavy (non-hydrogen) atoms. The standard InChI is InChI=1S/C24H20O/c1-24(2,3)19-14-16-9-5-7-11-18(16)22-21-17-10-6-4-8-15(17)12-13-20(21)25-23(19)22/h4-14H,1-3H3. The van der Waals surface area contributed by atoms with Crippen LogP contribution >= 0.6 is 0 Å². The maximum Gasteiger partial charge on any atom is 0.139 e. The molecule has 5 rings (SSSR count). The van der Waals surface area contributed by atoms with Gasteiger partial charge in [-0.3, -0.25) is 0 Å². The van der Waals surface area contributed by atoms with Crippen LogP contribution in [0.1, 0.15) is 26.3 Å². The van der Waals surface area contributed by atoms with Crippen molar-refractivity contribution in [1.82, 2.24) is 0 Å². The van der Waals surface area contributed by atoms with E-state index in [2.05, 4.69) is 87.5 Å². The molecule has 0 fully saturated rings. The molecule has 1 nitrogen and oxygen atoms in total. The predicted molar refractivity (Wildman–Crippen MR) is 107 cm³/mol. The van der Waals surface area contributed by atoms with Crippen LogP contribution in [0.3, 0.4) is 0 Å². The summed E-state index contributed by atoms with van der Waals surface area (Å²) < 4.78 is 6.43. The van der Waals surface area contributed by atoms with Gasteiger partial charge in [0, 0.05) is 16.3 Å². The molecule has 0 unspecified atom stereocenters. The molecule has 0 saturated carbocycles. The Morgan fingerprint density at radius 3 is 2.04 bits per heavy atom. The fourth-order valence-electron chi connectivity index (χ4n) is 3.94. The molecule has 0 bridgehead atoms. The Hall–Kier alpha value is -2.80. The van der Waals surface area contributed by atoms with E-state index in [1.807, 2.05) is 0 Å². The van der Waals surface area contributed by atoms with Crippen molar-refractivity contribution in [2.24, 2.45) is 0 Å². The van der Waals surface area contributed by atoms with E-state index in [1.54, 1.807) is 0 Å². The number of furan rings is 1. The van der Waals surface area contributed by atoms with Gasteiger partial charge in [-0.2, -0.15) is 0 Å². The van der Waals surface area contributed by atoms with E-state index in [0.717, 1.165) is 11.2 Å². The Morgan fingerprint density at radius 2 is 1.32 bits per heavy atom. The van der Waals surface area contributed by atoms with Gasteiger partial charge in [0.2, 0.25) is 0 Å². The van der Waals surface area contributed by atoms with Crippen molar-refractivity contribution in [1.29, 1.82) is 0 Å². The normalized spacial score (nSPS) is 12.6.